The van der Waals surface area contributed by atoms with E-state index in [1.807, 2.05) is 0 Å². The minimum Gasteiger partial charge on any atom is -0.381 e. The van der Waals surface area contributed by atoms with E-state index in [4.69, 9.17) is 0 Å². The number of likely N-dealkylation sites (tertiary alicyclic amines) is 1. The second-order valence-corrected chi connectivity index (χ2v) is 4.54. The number of hydrogen-bond acceptors (Lipinski definition) is 4. The summed E-state index contributed by atoms with van der Waals surface area (Å²) in [6.07, 6.45) is 1.65. The molecule has 0 unspecified atom stereocenters. The molecule has 1 fully saturated rings. The molecule has 1 saturated heterocycles. The lowest BCUT2D eigenvalue weighted by Gasteiger charge is -2.46. The van der Waals surface area contributed by atoms with Crippen molar-refractivity contribution in [1.82, 2.24) is 9.88 Å². The molecule has 0 aliphatic carbocycles. The van der Waals surface area contributed by atoms with Crippen molar-refractivity contribution in [2.45, 2.75) is 12.0 Å². The number of thiol groups is 1. The molecule has 1 aromatic rings. The van der Waals surface area contributed by atoms with Gasteiger partial charge in [0.15, 0.2) is 0 Å². The number of aromatic nitrogens is 1. The number of carbonyl (C=O) groups excluding carboxylic acids is 1. The summed E-state index contributed by atoms with van der Waals surface area (Å²) in [5.74, 6) is -0.292. The number of amides is 1. The molecule has 1 aliphatic rings. The Kier molecular flexibility index (Phi) is 3.35. The molecule has 0 aromatic carbocycles. The summed E-state index contributed by atoms with van der Waals surface area (Å²) in [5, 5.41) is 10.2. The zero-order valence-electron chi connectivity index (χ0n) is 9.14. The van der Waals surface area contributed by atoms with Crippen LogP contribution >= 0.6 is 12.6 Å². The predicted octanol–water partition coefficient (Wildman–Crippen LogP) is 0.570. The topological polar surface area (TPSA) is 53.4 Å². The summed E-state index contributed by atoms with van der Waals surface area (Å²) in [4.78, 5) is 16.5. The third-order valence-corrected chi connectivity index (χ3v) is 3.07. The quantitative estimate of drug-likeness (QED) is 0.614. The van der Waals surface area contributed by atoms with Gasteiger partial charge in [-0.3, -0.25) is 4.79 Å². The lowest BCUT2D eigenvalue weighted by Crippen LogP contribution is -2.61. The Balaban J connectivity index is 2.06. The summed E-state index contributed by atoms with van der Waals surface area (Å²) in [6.45, 7) is 0.227. The largest absolute Gasteiger partial charge is 0.381 e. The predicted molar refractivity (Wildman–Crippen MR) is 63.1 cm³/mol. The zero-order chi connectivity index (χ0) is 12.5. The van der Waals surface area contributed by atoms with Crippen molar-refractivity contribution in [3.8, 4) is 0 Å². The second kappa shape index (κ2) is 4.62. The SMILES string of the molecule is O=C(CCS)N1CC(O)(c2cccnc2F)C1. The van der Waals surface area contributed by atoms with Gasteiger partial charge in [-0.15, -0.1) is 0 Å². The van der Waals surface area contributed by atoms with Gasteiger partial charge >= 0.3 is 0 Å². The monoisotopic (exact) mass is 256 g/mol. The molecule has 1 aromatic heterocycles. The fourth-order valence-electron chi connectivity index (χ4n) is 1.92. The highest BCUT2D eigenvalue weighted by atomic mass is 32.1. The smallest absolute Gasteiger partial charge is 0.223 e. The molecule has 17 heavy (non-hydrogen) atoms. The Labute approximate surface area is 104 Å². The number of β-amino-alcohol motifs (C(OH)–C–C–N with tert-alkyl or cyclic N) is 1. The van der Waals surface area contributed by atoms with Gasteiger partial charge in [-0.05, 0) is 17.9 Å². The molecule has 92 valence electrons. The van der Waals surface area contributed by atoms with Crippen LogP contribution in [0.5, 0.6) is 0 Å². The van der Waals surface area contributed by atoms with Gasteiger partial charge in [0.1, 0.15) is 5.60 Å². The molecule has 1 aliphatic heterocycles. The van der Waals surface area contributed by atoms with E-state index in [0.717, 1.165) is 0 Å². The van der Waals surface area contributed by atoms with Gasteiger partial charge in [0.2, 0.25) is 11.9 Å². The van der Waals surface area contributed by atoms with Crippen molar-refractivity contribution in [2.24, 2.45) is 0 Å². The standard InChI is InChI=1S/C11H13FN2O2S/c12-10-8(2-1-4-13-10)11(16)6-14(7-11)9(15)3-5-17/h1-2,4,16-17H,3,5-7H2. The van der Waals surface area contributed by atoms with E-state index in [0.29, 0.717) is 12.2 Å². The highest BCUT2D eigenvalue weighted by Crippen LogP contribution is 2.33. The van der Waals surface area contributed by atoms with Crippen LogP contribution in [0.15, 0.2) is 18.3 Å². The van der Waals surface area contributed by atoms with E-state index in [-0.39, 0.29) is 24.6 Å². The zero-order valence-corrected chi connectivity index (χ0v) is 10.0. The molecular weight excluding hydrogens is 243 g/mol. The first-order chi connectivity index (χ1) is 8.07. The van der Waals surface area contributed by atoms with Gasteiger partial charge in [-0.25, -0.2) is 4.98 Å². The van der Waals surface area contributed by atoms with E-state index >= 15 is 0 Å². The maximum Gasteiger partial charge on any atom is 0.223 e. The maximum atomic E-state index is 13.4. The highest BCUT2D eigenvalue weighted by Gasteiger charge is 2.46. The Morgan fingerprint density at radius 2 is 2.35 bits per heavy atom. The Bertz CT molecular complexity index is 435. The van der Waals surface area contributed by atoms with Crippen molar-refractivity contribution in [2.75, 3.05) is 18.8 Å². The lowest BCUT2D eigenvalue weighted by molar-refractivity contribution is -0.157. The Morgan fingerprint density at radius 3 is 2.94 bits per heavy atom. The van der Waals surface area contributed by atoms with Crippen LogP contribution in [0.25, 0.3) is 0 Å². The molecule has 0 saturated carbocycles. The minimum absolute atomic E-state index is 0.0750. The molecule has 2 rings (SSSR count). The van der Waals surface area contributed by atoms with E-state index in [1.54, 1.807) is 6.07 Å². The fourth-order valence-corrected chi connectivity index (χ4v) is 2.11. The van der Waals surface area contributed by atoms with Gasteiger partial charge in [0.25, 0.3) is 0 Å². The van der Waals surface area contributed by atoms with Crippen molar-refractivity contribution < 1.29 is 14.3 Å². The third kappa shape index (κ3) is 2.28. The molecule has 1 N–H and O–H groups in total. The lowest BCUT2D eigenvalue weighted by atomic mass is 9.86. The van der Waals surface area contributed by atoms with E-state index in [9.17, 15) is 14.3 Å². The number of carbonyl (C=O) groups is 1. The van der Waals surface area contributed by atoms with Crippen molar-refractivity contribution in [1.29, 1.82) is 0 Å². The number of pyridine rings is 1. The first-order valence-corrected chi connectivity index (χ1v) is 5.92. The Hall–Kier alpha value is -1.14. The van der Waals surface area contributed by atoms with E-state index < -0.39 is 11.5 Å². The van der Waals surface area contributed by atoms with Crippen LogP contribution in [0.4, 0.5) is 4.39 Å². The number of nitrogens with zero attached hydrogens (tertiary/aromatic N) is 2. The van der Waals surface area contributed by atoms with Crippen LogP contribution < -0.4 is 0 Å². The van der Waals surface area contributed by atoms with Crippen molar-refractivity contribution in [3.05, 3.63) is 29.8 Å². The first kappa shape index (κ1) is 12.3. The average Bonchev–Trinajstić information content (AvgIpc) is 2.26. The van der Waals surface area contributed by atoms with Crippen LogP contribution in [0, 0.1) is 5.95 Å². The summed E-state index contributed by atoms with van der Waals surface area (Å²) in [5.41, 5.74) is -1.15. The summed E-state index contributed by atoms with van der Waals surface area (Å²) in [6, 6.07) is 3.05. The molecule has 2 heterocycles. The molecule has 1 amide bonds. The third-order valence-electron chi connectivity index (χ3n) is 2.84. The van der Waals surface area contributed by atoms with E-state index in [1.165, 1.54) is 17.2 Å². The van der Waals surface area contributed by atoms with Crippen LogP contribution in [0.1, 0.15) is 12.0 Å². The number of hydrogen-bond donors (Lipinski definition) is 2. The van der Waals surface area contributed by atoms with Gasteiger partial charge in [-0.2, -0.15) is 17.0 Å². The van der Waals surface area contributed by atoms with Gasteiger partial charge in [0, 0.05) is 18.2 Å². The molecule has 0 bridgehead atoms. The van der Waals surface area contributed by atoms with Crippen LogP contribution in [0.3, 0.4) is 0 Å². The summed E-state index contributed by atoms with van der Waals surface area (Å²) >= 11 is 3.97. The number of halogens is 1. The Morgan fingerprint density at radius 1 is 1.65 bits per heavy atom. The molecule has 0 radical (unpaired) electrons. The molecular formula is C11H13FN2O2S. The fraction of sp³-hybridized carbons (Fsp3) is 0.455. The minimum atomic E-state index is -1.30. The van der Waals surface area contributed by atoms with Crippen LogP contribution in [-0.2, 0) is 10.4 Å². The average molecular weight is 256 g/mol. The molecule has 6 heteroatoms. The van der Waals surface area contributed by atoms with Crippen molar-refractivity contribution in [3.63, 3.8) is 0 Å². The van der Waals surface area contributed by atoms with Crippen molar-refractivity contribution >= 4 is 18.5 Å². The van der Waals surface area contributed by atoms with Crippen LogP contribution in [-0.4, -0.2) is 39.7 Å². The van der Waals surface area contributed by atoms with Gasteiger partial charge in [0.05, 0.1) is 13.1 Å². The summed E-state index contributed by atoms with van der Waals surface area (Å²) < 4.78 is 13.4. The maximum absolute atomic E-state index is 13.4. The van der Waals surface area contributed by atoms with E-state index in [2.05, 4.69) is 17.6 Å². The molecule has 4 nitrogen and oxygen atoms in total. The summed E-state index contributed by atoms with van der Waals surface area (Å²) in [7, 11) is 0. The van der Waals surface area contributed by atoms with Gasteiger partial charge in [-0.1, -0.05) is 0 Å². The normalized spacial score (nSPS) is 17.7. The van der Waals surface area contributed by atoms with Gasteiger partial charge < -0.3 is 10.0 Å². The number of aliphatic hydroxyl groups is 1. The second-order valence-electron chi connectivity index (χ2n) is 4.10. The molecule has 0 atom stereocenters. The highest BCUT2D eigenvalue weighted by molar-refractivity contribution is 7.80. The first-order valence-electron chi connectivity index (χ1n) is 5.29. The number of rotatable bonds is 3. The van der Waals surface area contributed by atoms with Crippen LogP contribution in [0.2, 0.25) is 0 Å². The molecule has 0 spiro atoms.